The summed E-state index contributed by atoms with van der Waals surface area (Å²) in [4.78, 5) is 12.8. The van der Waals surface area contributed by atoms with Crippen LogP contribution in [-0.2, 0) is 4.79 Å². The molecule has 0 aromatic heterocycles. The Morgan fingerprint density at radius 1 is 1.35 bits per heavy atom. The van der Waals surface area contributed by atoms with E-state index < -0.39 is 5.97 Å². The van der Waals surface area contributed by atoms with Crippen molar-refractivity contribution in [3.05, 3.63) is 12.7 Å². The first-order valence-electron chi connectivity index (χ1n) is 6.27. The third-order valence-corrected chi connectivity index (χ3v) is 3.27. The molecule has 0 bridgehead atoms. The van der Waals surface area contributed by atoms with E-state index in [1.54, 1.807) is 0 Å². The number of nitrogens with zero attached hydrogens (tertiary/aromatic N) is 1. The second-order valence-electron chi connectivity index (χ2n) is 4.70. The Labute approximate surface area is 110 Å². The fraction of sp³-hybridized carbons (Fsp3) is 0.769. The number of carbonyl (C=O) groups is 1. The third kappa shape index (κ3) is 7.40. The zero-order valence-corrected chi connectivity index (χ0v) is 11.3. The van der Waals surface area contributed by atoms with Gasteiger partial charge in [0.2, 0.25) is 0 Å². The van der Waals surface area contributed by atoms with Crippen molar-refractivity contribution in [1.29, 1.82) is 0 Å². The lowest BCUT2D eigenvalue weighted by molar-refractivity contribution is -0.137. The Hall–Kier alpha value is -0.540. The van der Waals surface area contributed by atoms with E-state index in [1.807, 2.05) is 6.08 Å². The van der Waals surface area contributed by atoms with Crippen LogP contribution >= 0.6 is 12.4 Å². The fourth-order valence-electron chi connectivity index (χ4n) is 2.43. The Morgan fingerprint density at radius 3 is 2.53 bits per heavy atom. The molecule has 0 unspecified atom stereocenters. The van der Waals surface area contributed by atoms with Gasteiger partial charge in [-0.1, -0.05) is 25.3 Å². The van der Waals surface area contributed by atoms with Crippen LogP contribution in [0.3, 0.4) is 0 Å². The van der Waals surface area contributed by atoms with Crippen LogP contribution in [0, 0.1) is 5.92 Å². The van der Waals surface area contributed by atoms with Gasteiger partial charge in [0.15, 0.2) is 0 Å². The van der Waals surface area contributed by atoms with Crippen LogP contribution in [0.4, 0.5) is 0 Å². The Bertz CT molecular complexity index is 227. The van der Waals surface area contributed by atoms with Crippen LogP contribution in [0.1, 0.15) is 38.5 Å². The summed E-state index contributed by atoms with van der Waals surface area (Å²) in [5, 5.41) is 8.68. The van der Waals surface area contributed by atoms with E-state index in [1.165, 1.54) is 32.1 Å². The van der Waals surface area contributed by atoms with E-state index in [2.05, 4.69) is 11.5 Å². The molecule has 4 heteroatoms. The quantitative estimate of drug-likeness (QED) is 0.717. The molecule has 0 spiro atoms. The highest BCUT2D eigenvalue weighted by Gasteiger charge is 2.16. The first kappa shape index (κ1) is 16.5. The summed E-state index contributed by atoms with van der Waals surface area (Å²) in [6, 6.07) is 0. The van der Waals surface area contributed by atoms with Crippen molar-refractivity contribution in [1.82, 2.24) is 4.90 Å². The topological polar surface area (TPSA) is 40.5 Å². The number of aliphatic carboxylic acids is 1. The lowest BCUT2D eigenvalue weighted by atomic mass is 9.89. The molecule has 1 N–H and O–H groups in total. The smallest absolute Gasteiger partial charge is 0.304 e. The minimum atomic E-state index is -0.710. The van der Waals surface area contributed by atoms with Gasteiger partial charge in [0.1, 0.15) is 0 Å². The van der Waals surface area contributed by atoms with Gasteiger partial charge in [0.05, 0.1) is 6.42 Å². The average molecular weight is 262 g/mol. The number of hydrogen-bond donors (Lipinski definition) is 1. The molecular formula is C13H24ClNO2. The molecule has 100 valence electrons. The zero-order chi connectivity index (χ0) is 11.8. The number of carboxylic acid groups (broad SMARTS) is 1. The molecule has 1 aliphatic rings. The fourth-order valence-corrected chi connectivity index (χ4v) is 2.43. The lowest BCUT2D eigenvalue weighted by Gasteiger charge is -2.28. The predicted octanol–water partition coefficient (Wildman–Crippen LogP) is 2.95. The number of carboxylic acids is 1. The van der Waals surface area contributed by atoms with Gasteiger partial charge in [-0.15, -0.1) is 19.0 Å². The molecule has 1 aliphatic carbocycles. The van der Waals surface area contributed by atoms with E-state index in [9.17, 15) is 4.79 Å². The molecule has 1 saturated carbocycles. The summed E-state index contributed by atoms with van der Waals surface area (Å²) in [5.41, 5.74) is 0. The lowest BCUT2D eigenvalue weighted by Crippen LogP contribution is -2.32. The molecule has 0 radical (unpaired) electrons. The largest absolute Gasteiger partial charge is 0.481 e. The van der Waals surface area contributed by atoms with Crippen LogP contribution in [-0.4, -0.2) is 35.6 Å². The van der Waals surface area contributed by atoms with Crippen molar-refractivity contribution >= 4 is 18.4 Å². The summed E-state index contributed by atoms with van der Waals surface area (Å²) < 4.78 is 0. The summed E-state index contributed by atoms with van der Waals surface area (Å²) in [6.07, 6.45) is 8.76. The number of halogens is 1. The molecule has 17 heavy (non-hydrogen) atoms. The van der Waals surface area contributed by atoms with E-state index in [0.717, 1.165) is 19.0 Å². The van der Waals surface area contributed by atoms with Gasteiger partial charge < -0.3 is 5.11 Å². The molecule has 1 fully saturated rings. The normalized spacial score (nSPS) is 16.5. The van der Waals surface area contributed by atoms with Crippen molar-refractivity contribution in [3.8, 4) is 0 Å². The van der Waals surface area contributed by atoms with Gasteiger partial charge in [-0.3, -0.25) is 9.69 Å². The third-order valence-electron chi connectivity index (χ3n) is 3.27. The maximum Gasteiger partial charge on any atom is 0.304 e. The van der Waals surface area contributed by atoms with Crippen LogP contribution in [0.15, 0.2) is 12.7 Å². The van der Waals surface area contributed by atoms with E-state index in [-0.39, 0.29) is 18.8 Å². The monoisotopic (exact) mass is 261 g/mol. The van der Waals surface area contributed by atoms with Gasteiger partial charge in [0.25, 0.3) is 0 Å². The van der Waals surface area contributed by atoms with Gasteiger partial charge >= 0.3 is 5.97 Å². The van der Waals surface area contributed by atoms with E-state index in [4.69, 9.17) is 5.11 Å². The Kier molecular flexibility index (Phi) is 9.18. The predicted molar refractivity (Wildman–Crippen MR) is 72.7 cm³/mol. The maximum absolute atomic E-state index is 10.5. The van der Waals surface area contributed by atoms with Crippen molar-refractivity contribution in [3.63, 3.8) is 0 Å². The molecule has 0 aromatic carbocycles. The van der Waals surface area contributed by atoms with Crippen LogP contribution in [0.5, 0.6) is 0 Å². The number of hydrogen-bond acceptors (Lipinski definition) is 2. The van der Waals surface area contributed by atoms with Crippen molar-refractivity contribution < 1.29 is 9.90 Å². The average Bonchev–Trinajstić information content (AvgIpc) is 2.27. The highest BCUT2D eigenvalue weighted by atomic mass is 35.5. The van der Waals surface area contributed by atoms with Gasteiger partial charge in [-0.2, -0.15) is 0 Å². The Balaban J connectivity index is 0.00000256. The molecule has 3 nitrogen and oxygen atoms in total. The highest BCUT2D eigenvalue weighted by Crippen LogP contribution is 2.24. The van der Waals surface area contributed by atoms with Crippen molar-refractivity contribution in [2.45, 2.75) is 38.5 Å². The molecule has 0 aliphatic heterocycles. The maximum atomic E-state index is 10.5. The Morgan fingerprint density at radius 2 is 2.00 bits per heavy atom. The molecule has 0 amide bonds. The summed E-state index contributed by atoms with van der Waals surface area (Å²) in [6.45, 7) is 6.23. The summed E-state index contributed by atoms with van der Waals surface area (Å²) in [7, 11) is 0. The second kappa shape index (κ2) is 9.49. The van der Waals surface area contributed by atoms with Crippen LogP contribution in [0.25, 0.3) is 0 Å². The minimum absolute atomic E-state index is 0. The molecule has 0 aromatic rings. The van der Waals surface area contributed by atoms with E-state index >= 15 is 0 Å². The SMILES string of the molecule is C=CCN(CCC(=O)O)CC1CCCCC1.Cl. The van der Waals surface area contributed by atoms with Crippen LogP contribution < -0.4 is 0 Å². The second-order valence-corrected chi connectivity index (χ2v) is 4.70. The standard InChI is InChI=1S/C13H23NO2.ClH/c1-2-9-14(10-8-13(15)16)11-12-6-4-3-5-7-12;/h2,12H,1,3-11H2,(H,15,16);1H. The molecular weight excluding hydrogens is 238 g/mol. The summed E-state index contributed by atoms with van der Waals surface area (Å²) in [5.74, 6) is 0.0557. The molecule has 0 atom stereocenters. The first-order chi connectivity index (χ1) is 7.72. The molecule has 0 heterocycles. The number of rotatable bonds is 7. The van der Waals surface area contributed by atoms with Crippen LogP contribution in [0.2, 0.25) is 0 Å². The van der Waals surface area contributed by atoms with Gasteiger partial charge in [-0.25, -0.2) is 0 Å². The van der Waals surface area contributed by atoms with Crippen molar-refractivity contribution in [2.24, 2.45) is 5.92 Å². The van der Waals surface area contributed by atoms with Gasteiger partial charge in [0, 0.05) is 19.6 Å². The minimum Gasteiger partial charge on any atom is -0.481 e. The van der Waals surface area contributed by atoms with Crippen molar-refractivity contribution in [2.75, 3.05) is 19.6 Å². The summed E-state index contributed by atoms with van der Waals surface area (Å²) >= 11 is 0. The first-order valence-corrected chi connectivity index (χ1v) is 6.27. The molecule has 0 saturated heterocycles. The highest BCUT2D eigenvalue weighted by molar-refractivity contribution is 5.85. The van der Waals surface area contributed by atoms with Gasteiger partial charge in [-0.05, 0) is 18.8 Å². The van der Waals surface area contributed by atoms with E-state index in [0.29, 0.717) is 6.54 Å². The molecule has 1 rings (SSSR count). The zero-order valence-electron chi connectivity index (χ0n) is 10.4.